The summed E-state index contributed by atoms with van der Waals surface area (Å²) in [7, 11) is 0. The molecular formula is C3H4O2S. The zero-order chi connectivity index (χ0) is 4.41. The molecule has 0 aliphatic carbocycles. The number of hydrogen-bond acceptors (Lipinski definition) is 3. The minimum atomic E-state index is -0.0833. The van der Waals surface area contributed by atoms with Gasteiger partial charge in [0.25, 0.3) is 0 Å². The van der Waals surface area contributed by atoms with Gasteiger partial charge < -0.3 is 4.74 Å². The molecule has 0 aromatic rings. The van der Waals surface area contributed by atoms with Crippen LogP contribution >= 0.6 is 11.8 Å². The third kappa shape index (κ3) is 0.653. The summed E-state index contributed by atoms with van der Waals surface area (Å²) in [5.41, 5.74) is 0. The Morgan fingerprint density at radius 3 is 2.83 bits per heavy atom. The van der Waals surface area contributed by atoms with Crippen LogP contribution < -0.4 is 0 Å². The van der Waals surface area contributed by atoms with Gasteiger partial charge in [0, 0.05) is 0 Å². The highest BCUT2D eigenvalue weighted by Crippen LogP contribution is 2.08. The molecule has 0 spiro atoms. The lowest BCUT2D eigenvalue weighted by Crippen LogP contribution is -1.93. The molecule has 0 N–H and O–H groups in total. The van der Waals surface area contributed by atoms with E-state index >= 15 is 0 Å². The molecule has 1 heterocycles. The molecule has 1 aliphatic rings. The van der Waals surface area contributed by atoms with Gasteiger partial charge in [-0.1, -0.05) is 0 Å². The van der Waals surface area contributed by atoms with Gasteiger partial charge in [0.15, 0.2) is 0 Å². The first kappa shape index (κ1) is 3.99. The molecule has 34 valence electrons. The molecule has 6 heavy (non-hydrogen) atoms. The number of hydrogen-bond donors (Lipinski definition) is 0. The van der Waals surface area contributed by atoms with Gasteiger partial charge in [0.1, 0.15) is 5.94 Å². The summed E-state index contributed by atoms with van der Waals surface area (Å²) >= 11 is 1.51. The lowest BCUT2D eigenvalue weighted by atomic mass is 10.8. The van der Waals surface area contributed by atoms with E-state index in [0.717, 1.165) is 0 Å². The van der Waals surface area contributed by atoms with Crippen molar-refractivity contribution >= 4 is 17.7 Å². The maximum atomic E-state index is 10.0. The Kier molecular flexibility index (Phi) is 1.01. The number of carbonyl (C=O) groups excluding carboxylic acids is 1. The first-order chi connectivity index (χ1) is 2.89. The van der Waals surface area contributed by atoms with Crippen molar-refractivity contribution in [3.05, 3.63) is 0 Å². The molecule has 0 bridgehead atoms. The van der Waals surface area contributed by atoms with E-state index in [9.17, 15) is 4.79 Å². The van der Waals surface area contributed by atoms with Crippen LogP contribution in [-0.2, 0) is 9.53 Å². The smallest absolute Gasteiger partial charge is 0.316 e. The van der Waals surface area contributed by atoms with Gasteiger partial charge in [-0.15, -0.1) is 11.8 Å². The summed E-state index contributed by atoms with van der Waals surface area (Å²) in [6.07, 6.45) is 0. The average molecular weight is 104 g/mol. The normalized spacial score (nSPS) is 21.0. The van der Waals surface area contributed by atoms with E-state index in [1.165, 1.54) is 11.8 Å². The van der Waals surface area contributed by atoms with Crippen molar-refractivity contribution < 1.29 is 9.53 Å². The molecule has 0 amide bonds. The summed E-state index contributed by atoms with van der Waals surface area (Å²) in [6.45, 7) is 0. The molecule has 0 aromatic carbocycles. The largest absolute Gasteiger partial charge is 0.454 e. The van der Waals surface area contributed by atoms with Crippen molar-refractivity contribution in [1.82, 2.24) is 0 Å². The monoisotopic (exact) mass is 104 g/mol. The molecule has 2 nitrogen and oxygen atoms in total. The molecule has 0 saturated carbocycles. The van der Waals surface area contributed by atoms with Crippen LogP contribution in [0.5, 0.6) is 0 Å². The van der Waals surface area contributed by atoms with E-state index in [1.807, 2.05) is 0 Å². The second-order valence-corrected chi connectivity index (χ2v) is 1.92. The average Bonchev–Trinajstić information content (AvgIpc) is 1.86. The van der Waals surface area contributed by atoms with Crippen LogP contribution in [0.4, 0.5) is 0 Å². The van der Waals surface area contributed by atoms with Crippen LogP contribution in [0.1, 0.15) is 0 Å². The summed E-state index contributed by atoms with van der Waals surface area (Å²) in [6, 6.07) is 0. The van der Waals surface area contributed by atoms with Crippen molar-refractivity contribution in [1.29, 1.82) is 0 Å². The predicted molar refractivity (Wildman–Crippen MR) is 23.4 cm³/mol. The molecule has 0 atom stereocenters. The number of cyclic esters (lactones) is 1. The Labute approximate surface area is 39.9 Å². The Morgan fingerprint density at radius 1 is 1.83 bits per heavy atom. The summed E-state index contributed by atoms with van der Waals surface area (Å²) in [5, 5.41) is 0. The number of ether oxygens (including phenoxy) is 1. The number of rotatable bonds is 0. The van der Waals surface area contributed by atoms with E-state index in [0.29, 0.717) is 11.7 Å². The second-order valence-electron chi connectivity index (χ2n) is 0.983. The number of carbonyl (C=O) groups is 1. The Bertz CT molecular complexity index is 63.2. The van der Waals surface area contributed by atoms with Crippen molar-refractivity contribution in [2.45, 2.75) is 0 Å². The zero-order valence-electron chi connectivity index (χ0n) is 3.14. The molecule has 1 rings (SSSR count). The molecule has 1 saturated heterocycles. The molecule has 0 radical (unpaired) electrons. The molecule has 0 unspecified atom stereocenters. The van der Waals surface area contributed by atoms with Crippen LogP contribution in [0, 0.1) is 0 Å². The van der Waals surface area contributed by atoms with Gasteiger partial charge >= 0.3 is 5.97 Å². The van der Waals surface area contributed by atoms with Crippen molar-refractivity contribution in [3.8, 4) is 0 Å². The second kappa shape index (κ2) is 1.51. The summed E-state index contributed by atoms with van der Waals surface area (Å²) in [4.78, 5) is 10.0. The SMILES string of the molecule is O=C1CSCO1. The fourth-order valence-corrected chi connectivity index (χ4v) is 0.822. The third-order valence-corrected chi connectivity index (χ3v) is 1.25. The third-order valence-electron chi connectivity index (χ3n) is 0.523. The Morgan fingerprint density at radius 2 is 2.67 bits per heavy atom. The van der Waals surface area contributed by atoms with Gasteiger partial charge in [-0.05, 0) is 0 Å². The first-order valence-electron chi connectivity index (χ1n) is 1.63. The summed E-state index contributed by atoms with van der Waals surface area (Å²) < 4.78 is 4.48. The van der Waals surface area contributed by atoms with Crippen molar-refractivity contribution in [3.63, 3.8) is 0 Å². The number of esters is 1. The topological polar surface area (TPSA) is 26.3 Å². The fourth-order valence-electron chi connectivity index (χ4n) is 0.274. The van der Waals surface area contributed by atoms with E-state index in [1.54, 1.807) is 0 Å². The van der Waals surface area contributed by atoms with Gasteiger partial charge in [-0.3, -0.25) is 4.79 Å². The van der Waals surface area contributed by atoms with E-state index < -0.39 is 0 Å². The molecule has 1 fully saturated rings. The van der Waals surface area contributed by atoms with Gasteiger partial charge in [-0.2, -0.15) is 0 Å². The Hall–Kier alpha value is -0.180. The van der Waals surface area contributed by atoms with Crippen LogP contribution in [0.2, 0.25) is 0 Å². The maximum absolute atomic E-state index is 10.0. The van der Waals surface area contributed by atoms with E-state index in [2.05, 4.69) is 4.74 Å². The minimum absolute atomic E-state index is 0.0833. The van der Waals surface area contributed by atoms with Gasteiger partial charge in [0.05, 0.1) is 5.75 Å². The van der Waals surface area contributed by atoms with Gasteiger partial charge in [-0.25, -0.2) is 0 Å². The van der Waals surface area contributed by atoms with Crippen molar-refractivity contribution in [2.24, 2.45) is 0 Å². The van der Waals surface area contributed by atoms with Crippen LogP contribution in [0.15, 0.2) is 0 Å². The zero-order valence-corrected chi connectivity index (χ0v) is 3.96. The summed E-state index contributed by atoms with van der Waals surface area (Å²) in [5.74, 6) is 1.01. The maximum Gasteiger partial charge on any atom is 0.316 e. The van der Waals surface area contributed by atoms with E-state index in [-0.39, 0.29) is 5.97 Å². The quantitative estimate of drug-likeness (QED) is 0.412. The fraction of sp³-hybridized carbons (Fsp3) is 0.667. The lowest BCUT2D eigenvalue weighted by molar-refractivity contribution is -0.136. The Balaban J connectivity index is 2.37. The molecular weight excluding hydrogens is 100 g/mol. The van der Waals surface area contributed by atoms with E-state index in [4.69, 9.17) is 0 Å². The molecule has 3 heteroatoms. The predicted octanol–water partition coefficient (Wildman–Crippen LogP) is 0.234. The highest BCUT2D eigenvalue weighted by atomic mass is 32.2. The first-order valence-corrected chi connectivity index (χ1v) is 2.78. The highest BCUT2D eigenvalue weighted by Gasteiger charge is 2.08. The standard InChI is InChI=1S/C3H4O2S/c4-3-1-6-2-5-3/h1-2H2. The van der Waals surface area contributed by atoms with Crippen LogP contribution in [0.25, 0.3) is 0 Å². The highest BCUT2D eigenvalue weighted by molar-refractivity contribution is 8.00. The van der Waals surface area contributed by atoms with Crippen LogP contribution in [-0.4, -0.2) is 17.7 Å². The van der Waals surface area contributed by atoms with Crippen molar-refractivity contribution in [2.75, 3.05) is 11.7 Å². The molecule has 0 aromatic heterocycles. The number of thioether (sulfide) groups is 1. The van der Waals surface area contributed by atoms with Crippen LogP contribution in [0.3, 0.4) is 0 Å². The molecule has 1 aliphatic heterocycles. The lowest BCUT2D eigenvalue weighted by Gasteiger charge is -1.79. The van der Waals surface area contributed by atoms with Gasteiger partial charge in [0.2, 0.25) is 0 Å². The minimum Gasteiger partial charge on any atom is -0.454 e.